The highest BCUT2D eigenvalue weighted by Gasteiger charge is 2.22. The van der Waals surface area contributed by atoms with Crippen molar-refractivity contribution in [1.82, 2.24) is 39.7 Å². The number of benzene rings is 2. The van der Waals surface area contributed by atoms with E-state index < -0.39 is 0 Å². The summed E-state index contributed by atoms with van der Waals surface area (Å²) in [4.78, 5) is 35.8. The first-order valence-electron chi connectivity index (χ1n) is 24.7. The van der Waals surface area contributed by atoms with Crippen LogP contribution in [-0.4, -0.2) is 186 Å². The number of nitrogens with zero attached hydrogens (tertiary/aromatic N) is 8. The summed E-state index contributed by atoms with van der Waals surface area (Å²) in [5, 5.41) is 14.8. The van der Waals surface area contributed by atoms with Gasteiger partial charge in [-0.25, -0.2) is 9.03 Å². The van der Waals surface area contributed by atoms with E-state index in [-0.39, 0.29) is 11.8 Å². The molecule has 19 heteroatoms. The number of rotatable bonds is 28. The van der Waals surface area contributed by atoms with Crippen molar-refractivity contribution in [2.24, 2.45) is 0 Å². The molecular weight excluding hydrogens is 909 g/mol. The predicted octanol–water partition coefficient (Wildman–Crippen LogP) is 4.39. The zero-order chi connectivity index (χ0) is 49.0. The van der Waals surface area contributed by atoms with Crippen molar-refractivity contribution in [3.8, 4) is 23.0 Å². The Hall–Kier alpha value is -6.64. The number of aromatic nitrogens is 4. The highest BCUT2D eigenvalue weighted by atomic mass is 16.6. The van der Waals surface area contributed by atoms with Crippen LogP contribution in [0.3, 0.4) is 0 Å². The Kier molecular flexibility index (Phi) is 19.0. The van der Waals surface area contributed by atoms with E-state index in [0.717, 1.165) is 101 Å². The fourth-order valence-corrected chi connectivity index (χ4v) is 8.84. The molecule has 6 heterocycles. The molecule has 2 saturated heterocycles. The topological polar surface area (TPSA) is 170 Å². The first-order valence-corrected chi connectivity index (χ1v) is 24.7. The van der Waals surface area contributed by atoms with Gasteiger partial charge in [0.2, 0.25) is 0 Å². The fourth-order valence-electron chi connectivity index (χ4n) is 8.84. The van der Waals surface area contributed by atoms with E-state index in [1.165, 1.54) is 0 Å². The predicted molar refractivity (Wildman–Crippen MR) is 271 cm³/mol. The summed E-state index contributed by atoms with van der Waals surface area (Å²) in [7, 11) is 3.42. The normalized spacial score (nSPS) is 14.5. The summed E-state index contributed by atoms with van der Waals surface area (Å²) in [6, 6.07) is 23.6. The summed E-state index contributed by atoms with van der Waals surface area (Å²) in [5.74, 6) is 2.75. The van der Waals surface area contributed by atoms with Crippen LogP contribution in [0.5, 0.6) is 23.0 Å². The second-order valence-corrected chi connectivity index (χ2v) is 17.3. The number of para-hydroxylation sites is 4. The largest absolute Gasteiger partial charge is 0.495 e. The number of hydrogen-bond donors (Lipinski definition) is 2. The maximum Gasteiger partial charge on any atom is 0.255 e. The van der Waals surface area contributed by atoms with E-state index in [1.807, 2.05) is 60.7 Å². The van der Waals surface area contributed by atoms with Crippen LogP contribution in [0.4, 0.5) is 11.4 Å². The molecule has 6 aromatic rings. The monoisotopic (exact) mass is 977 g/mol. The minimum absolute atomic E-state index is 0.157. The number of ether oxygens (including phenoxy) is 7. The number of nitrogens with one attached hydrogen (secondary N) is 2. The molecule has 2 aliphatic heterocycles. The molecule has 0 aliphatic carbocycles. The number of methoxy groups -OCH3 is 2. The lowest BCUT2D eigenvalue weighted by atomic mass is 10.2. The van der Waals surface area contributed by atoms with Crippen LogP contribution >= 0.6 is 0 Å². The first-order chi connectivity index (χ1) is 35.0. The van der Waals surface area contributed by atoms with Crippen molar-refractivity contribution in [1.29, 1.82) is 0 Å². The molecule has 0 spiro atoms. The minimum Gasteiger partial charge on any atom is -0.495 e. The number of fused-ring (bicyclic) bond motifs is 2. The zero-order valence-corrected chi connectivity index (χ0v) is 41.0. The van der Waals surface area contributed by atoms with Gasteiger partial charge in [-0.05, 0) is 62.3 Å². The van der Waals surface area contributed by atoms with Gasteiger partial charge in [0.15, 0.2) is 0 Å². The molecule has 2 fully saturated rings. The Morgan fingerprint density at radius 3 is 1.32 bits per heavy atom. The number of pyridine rings is 2. The molecule has 0 radical (unpaired) electrons. The molecule has 2 N–H and O–H groups in total. The van der Waals surface area contributed by atoms with Crippen molar-refractivity contribution in [2.75, 3.05) is 155 Å². The second-order valence-electron chi connectivity index (χ2n) is 17.3. The minimum atomic E-state index is -0.157. The van der Waals surface area contributed by atoms with Crippen LogP contribution in [0.15, 0.2) is 97.6 Å². The van der Waals surface area contributed by atoms with E-state index in [2.05, 4.69) is 52.6 Å². The number of piperazine rings is 2. The summed E-state index contributed by atoms with van der Waals surface area (Å²) >= 11 is 0. The smallest absolute Gasteiger partial charge is 0.255 e. The lowest BCUT2D eigenvalue weighted by molar-refractivity contribution is 0.00499. The van der Waals surface area contributed by atoms with Gasteiger partial charge in [0.05, 0.1) is 99.8 Å². The SMILES string of the molecule is COc1ccccc1N1CCN(CCCNC(=O)c2cnn3ccc(OCCOCCOCCOCCOc4ccn5ncc(C(=O)NCCCN6CCN(c7ccccc7OC)CC6)c5c4)cc23)CC1. The van der Waals surface area contributed by atoms with Gasteiger partial charge in [-0.3, -0.25) is 19.4 Å². The Labute approximate surface area is 415 Å². The Morgan fingerprint density at radius 1 is 0.521 bits per heavy atom. The number of carbonyl (C=O) groups excluding carboxylic acids is 2. The van der Waals surface area contributed by atoms with E-state index in [4.69, 9.17) is 33.2 Å². The van der Waals surface area contributed by atoms with E-state index in [1.54, 1.807) is 48.0 Å². The van der Waals surface area contributed by atoms with Crippen molar-refractivity contribution < 1.29 is 42.7 Å². The maximum atomic E-state index is 13.1. The average molecular weight is 977 g/mol. The van der Waals surface area contributed by atoms with Crippen LogP contribution in [0, 0.1) is 0 Å². The van der Waals surface area contributed by atoms with Crippen molar-refractivity contribution in [3.63, 3.8) is 0 Å². The first kappa shape index (κ1) is 50.7. The highest BCUT2D eigenvalue weighted by molar-refractivity contribution is 6.01. The van der Waals surface area contributed by atoms with Gasteiger partial charge >= 0.3 is 0 Å². The van der Waals surface area contributed by atoms with Gasteiger partial charge in [0.1, 0.15) is 36.2 Å². The van der Waals surface area contributed by atoms with Crippen LogP contribution in [0.25, 0.3) is 11.0 Å². The van der Waals surface area contributed by atoms with Crippen LogP contribution < -0.4 is 39.4 Å². The molecule has 71 heavy (non-hydrogen) atoms. The molecule has 8 rings (SSSR count). The lowest BCUT2D eigenvalue weighted by Crippen LogP contribution is -2.47. The molecule has 0 bridgehead atoms. The molecule has 0 unspecified atom stereocenters. The molecule has 2 amide bonds. The molecule has 19 nitrogen and oxygen atoms in total. The Morgan fingerprint density at radius 2 is 0.915 bits per heavy atom. The standard InChI is InChI=1S/C52H68N10O9/c1-65-49-11-5-3-9-45(49)59-25-21-57(22-26-59)17-7-15-53-51(63)43-39-55-61-19-13-41(37-47(43)61)70-35-33-68-31-29-67-30-32-69-34-36-71-42-14-20-62-48(38-42)44(40-56-62)52(64)54-16-8-18-58-23-27-60(28-24-58)46-10-4-6-12-50(46)66-2/h3-6,9-14,19-20,37-40H,7-8,15-18,21-36H2,1-2H3,(H,53,63)(H,54,64). The molecule has 4 aromatic heterocycles. The third kappa shape index (κ3) is 14.3. The van der Waals surface area contributed by atoms with Gasteiger partial charge < -0.3 is 53.6 Å². The van der Waals surface area contributed by atoms with Crippen molar-refractivity contribution >= 4 is 34.2 Å². The molecule has 380 valence electrons. The van der Waals surface area contributed by atoms with Crippen molar-refractivity contribution in [3.05, 3.63) is 109 Å². The summed E-state index contributed by atoms with van der Waals surface area (Å²) in [6.45, 7) is 13.7. The van der Waals surface area contributed by atoms with Crippen molar-refractivity contribution in [2.45, 2.75) is 12.8 Å². The average Bonchev–Trinajstić information content (AvgIpc) is 4.05. The quantitative estimate of drug-likeness (QED) is 0.0664. The number of amides is 2. The van der Waals surface area contributed by atoms with Crippen LogP contribution in [-0.2, 0) is 14.2 Å². The van der Waals surface area contributed by atoms with Gasteiger partial charge in [-0.1, -0.05) is 24.3 Å². The molecule has 0 saturated carbocycles. The van der Waals surface area contributed by atoms with Gasteiger partial charge in [0.25, 0.3) is 11.8 Å². The number of hydrogen-bond acceptors (Lipinski definition) is 15. The van der Waals surface area contributed by atoms with Gasteiger partial charge in [-0.2, -0.15) is 10.2 Å². The number of anilines is 2. The zero-order valence-electron chi connectivity index (χ0n) is 41.0. The second kappa shape index (κ2) is 26.5. The maximum absolute atomic E-state index is 13.1. The highest BCUT2D eigenvalue weighted by Crippen LogP contribution is 2.30. The Balaban J connectivity index is 0.628. The fraction of sp³-hybridized carbons (Fsp3) is 0.462. The molecule has 2 aromatic carbocycles. The van der Waals surface area contributed by atoms with Gasteiger partial charge in [-0.15, -0.1) is 0 Å². The lowest BCUT2D eigenvalue weighted by Gasteiger charge is -2.36. The van der Waals surface area contributed by atoms with E-state index in [9.17, 15) is 9.59 Å². The third-order valence-corrected chi connectivity index (χ3v) is 12.7. The van der Waals surface area contributed by atoms with Crippen LogP contribution in [0.1, 0.15) is 33.6 Å². The van der Waals surface area contributed by atoms with E-state index in [0.29, 0.717) is 99.6 Å². The molecule has 0 atom stereocenters. The summed E-state index contributed by atoms with van der Waals surface area (Å²) < 4.78 is 43.3. The number of carbonyl (C=O) groups is 2. The summed E-state index contributed by atoms with van der Waals surface area (Å²) in [5.41, 5.74) is 4.63. The molecule has 2 aliphatic rings. The molecular formula is C52H68N10O9. The van der Waals surface area contributed by atoms with E-state index >= 15 is 0 Å². The van der Waals surface area contributed by atoms with Gasteiger partial charge in [0, 0.05) is 90.0 Å². The Bertz CT molecular complexity index is 2420. The van der Waals surface area contributed by atoms with Crippen LogP contribution in [0.2, 0.25) is 0 Å². The third-order valence-electron chi connectivity index (χ3n) is 12.7. The summed E-state index contributed by atoms with van der Waals surface area (Å²) in [6.07, 6.45) is 8.46.